The molecule has 1 aromatic carbocycles. The molecule has 0 radical (unpaired) electrons. The Kier molecular flexibility index (Phi) is 4.16. The second kappa shape index (κ2) is 5.84. The zero-order chi connectivity index (χ0) is 13.8. The molecule has 0 saturated heterocycles. The second-order valence-corrected chi connectivity index (χ2v) is 5.05. The van der Waals surface area contributed by atoms with E-state index in [-0.39, 0.29) is 5.91 Å². The predicted molar refractivity (Wildman–Crippen MR) is 80.7 cm³/mol. The molecule has 5 heteroatoms. The highest BCUT2D eigenvalue weighted by molar-refractivity contribution is 9.10. The minimum atomic E-state index is -0.155. The van der Waals surface area contributed by atoms with Gasteiger partial charge in [-0.05, 0) is 40.2 Å². The van der Waals surface area contributed by atoms with Crippen LogP contribution in [-0.2, 0) is 0 Å². The number of halogens is 1. The Balaban J connectivity index is 2.24. The number of rotatable bonds is 3. The number of hydrogen-bond donors (Lipinski definition) is 1. The molecule has 0 unspecified atom stereocenters. The van der Waals surface area contributed by atoms with Crippen molar-refractivity contribution in [3.8, 4) is 0 Å². The molecule has 4 nitrogen and oxygen atoms in total. The third-order valence-electron chi connectivity index (χ3n) is 2.62. The average molecular weight is 320 g/mol. The van der Waals surface area contributed by atoms with Crippen LogP contribution in [0.5, 0.6) is 0 Å². The van der Waals surface area contributed by atoms with Gasteiger partial charge in [-0.1, -0.05) is 12.1 Å². The number of para-hydroxylation sites is 2. The molecule has 0 bridgehead atoms. The fourth-order valence-electron chi connectivity index (χ4n) is 1.71. The van der Waals surface area contributed by atoms with E-state index in [1.807, 2.05) is 43.3 Å². The monoisotopic (exact) mass is 319 g/mol. The molecule has 1 heterocycles. The number of carbonyl (C=O) groups is 1. The summed E-state index contributed by atoms with van der Waals surface area (Å²) in [5.41, 5.74) is 2.31. The first-order valence-electron chi connectivity index (χ1n) is 5.77. The maximum Gasteiger partial charge on any atom is 0.255 e. The SMILES string of the molecule is CN(C)c1ccccc1NC(=O)c1ccnc(Br)c1. The number of hydrogen-bond acceptors (Lipinski definition) is 3. The molecule has 2 rings (SSSR count). The van der Waals surface area contributed by atoms with Crippen molar-refractivity contribution in [2.45, 2.75) is 0 Å². The molecule has 0 saturated carbocycles. The van der Waals surface area contributed by atoms with E-state index in [4.69, 9.17) is 0 Å². The van der Waals surface area contributed by atoms with E-state index in [1.54, 1.807) is 18.3 Å². The first-order chi connectivity index (χ1) is 9.08. The smallest absolute Gasteiger partial charge is 0.255 e. The van der Waals surface area contributed by atoms with Crippen LogP contribution in [0.15, 0.2) is 47.2 Å². The second-order valence-electron chi connectivity index (χ2n) is 4.23. The maximum atomic E-state index is 12.2. The van der Waals surface area contributed by atoms with Gasteiger partial charge in [0, 0.05) is 25.9 Å². The highest BCUT2D eigenvalue weighted by Gasteiger charge is 2.10. The van der Waals surface area contributed by atoms with Gasteiger partial charge in [0.05, 0.1) is 11.4 Å². The van der Waals surface area contributed by atoms with Crippen molar-refractivity contribution in [1.29, 1.82) is 0 Å². The van der Waals surface area contributed by atoms with E-state index in [0.29, 0.717) is 10.2 Å². The van der Waals surface area contributed by atoms with Crippen LogP contribution in [0.25, 0.3) is 0 Å². The zero-order valence-electron chi connectivity index (χ0n) is 10.7. The maximum absolute atomic E-state index is 12.2. The van der Waals surface area contributed by atoms with Crippen molar-refractivity contribution in [2.75, 3.05) is 24.3 Å². The molecule has 0 aliphatic heterocycles. The Labute approximate surface area is 120 Å². The van der Waals surface area contributed by atoms with Crippen LogP contribution >= 0.6 is 15.9 Å². The van der Waals surface area contributed by atoms with Gasteiger partial charge in [-0.25, -0.2) is 4.98 Å². The lowest BCUT2D eigenvalue weighted by Crippen LogP contribution is -2.16. The number of anilines is 2. The number of benzene rings is 1. The Morgan fingerprint density at radius 1 is 1.26 bits per heavy atom. The Morgan fingerprint density at radius 2 is 2.00 bits per heavy atom. The topological polar surface area (TPSA) is 45.2 Å². The molecule has 1 N–H and O–H groups in total. The van der Waals surface area contributed by atoms with Gasteiger partial charge in [0.15, 0.2) is 0 Å². The van der Waals surface area contributed by atoms with Crippen LogP contribution < -0.4 is 10.2 Å². The van der Waals surface area contributed by atoms with E-state index in [9.17, 15) is 4.79 Å². The molecule has 19 heavy (non-hydrogen) atoms. The number of amides is 1. The number of aromatic nitrogens is 1. The van der Waals surface area contributed by atoms with Gasteiger partial charge in [0.2, 0.25) is 0 Å². The zero-order valence-corrected chi connectivity index (χ0v) is 12.3. The van der Waals surface area contributed by atoms with E-state index in [2.05, 4.69) is 26.2 Å². The Morgan fingerprint density at radius 3 is 2.68 bits per heavy atom. The Hall–Kier alpha value is -1.88. The van der Waals surface area contributed by atoms with Crippen molar-refractivity contribution in [3.05, 3.63) is 52.8 Å². The van der Waals surface area contributed by atoms with Crippen molar-refractivity contribution < 1.29 is 4.79 Å². The van der Waals surface area contributed by atoms with Crippen LogP contribution in [-0.4, -0.2) is 25.0 Å². The molecule has 0 aliphatic carbocycles. The van der Waals surface area contributed by atoms with Gasteiger partial charge < -0.3 is 10.2 Å². The van der Waals surface area contributed by atoms with Crippen LogP contribution in [0, 0.1) is 0 Å². The third kappa shape index (κ3) is 3.32. The van der Waals surface area contributed by atoms with Crippen molar-refractivity contribution in [1.82, 2.24) is 4.98 Å². The molecular weight excluding hydrogens is 306 g/mol. The molecule has 0 atom stereocenters. The summed E-state index contributed by atoms with van der Waals surface area (Å²) in [5.74, 6) is -0.155. The fourth-order valence-corrected chi connectivity index (χ4v) is 2.07. The van der Waals surface area contributed by atoms with E-state index in [0.717, 1.165) is 11.4 Å². The summed E-state index contributed by atoms with van der Waals surface area (Å²) in [6.45, 7) is 0. The molecule has 0 fully saturated rings. The summed E-state index contributed by atoms with van der Waals surface area (Å²) >= 11 is 3.25. The van der Waals surface area contributed by atoms with Crippen LogP contribution in [0.1, 0.15) is 10.4 Å². The van der Waals surface area contributed by atoms with Gasteiger partial charge in [0.25, 0.3) is 5.91 Å². The average Bonchev–Trinajstić information content (AvgIpc) is 2.39. The minimum absolute atomic E-state index is 0.155. The first kappa shape index (κ1) is 13.5. The number of nitrogens with zero attached hydrogens (tertiary/aromatic N) is 2. The van der Waals surface area contributed by atoms with Crippen molar-refractivity contribution in [3.63, 3.8) is 0 Å². The van der Waals surface area contributed by atoms with Crippen LogP contribution in [0.2, 0.25) is 0 Å². The highest BCUT2D eigenvalue weighted by Crippen LogP contribution is 2.24. The van der Waals surface area contributed by atoms with Gasteiger partial charge in [-0.3, -0.25) is 4.79 Å². The molecule has 1 amide bonds. The summed E-state index contributed by atoms with van der Waals surface area (Å²) < 4.78 is 0.640. The van der Waals surface area contributed by atoms with Gasteiger partial charge >= 0.3 is 0 Å². The number of pyridine rings is 1. The fraction of sp³-hybridized carbons (Fsp3) is 0.143. The lowest BCUT2D eigenvalue weighted by molar-refractivity contribution is 0.102. The summed E-state index contributed by atoms with van der Waals surface area (Å²) in [4.78, 5) is 18.1. The van der Waals surface area contributed by atoms with Gasteiger partial charge in [0.1, 0.15) is 4.60 Å². The van der Waals surface area contributed by atoms with Crippen LogP contribution in [0.3, 0.4) is 0 Å². The van der Waals surface area contributed by atoms with Crippen molar-refractivity contribution in [2.24, 2.45) is 0 Å². The standard InChI is InChI=1S/C14H14BrN3O/c1-18(2)12-6-4-3-5-11(12)17-14(19)10-7-8-16-13(15)9-10/h3-9H,1-2H3,(H,17,19). The summed E-state index contributed by atoms with van der Waals surface area (Å²) in [6, 6.07) is 11.0. The lowest BCUT2D eigenvalue weighted by Gasteiger charge is -2.17. The quantitative estimate of drug-likeness (QED) is 0.884. The summed E-state index contributed by atoms with van der Waals surface area (Å²) in [7, 11) is 3.88. The molecule has 2 aromatic rings. The number of nitrogens with one attached hydrogen (secondary N) is 1. The van der Waals surface area contributed by atoms with Gasteiger partial charge in [-0.15, -0.1) is 0 Å². The summed E-state index contributed by atoms with van der Waals surface area (Å²) in [5, 5.41) is 2.91. The first-order valence-corrected chi connectivity index (χ1v) is 6.56. The molecular formula is C14H14BrN3O. The summed E-state index contributed by atoms with van der Waals surface area (Å²) in [6.07, 6.45) is 1.59. The largest absolute Gasteiger partial charge is 0.376 e. The van der Waals surface area contributed by atoms with Crippen LogP contribution in [0.4, 0.5) is 11.4 Å². The predicted octanol–water partition coefficient (Wildman–Crippen LogP) is 3.16. The normalized spacial score (nSPS) is 10.1. The molecule has 1 aromatic heterocycles. The van der Waals surface area contributed by atoms with E-state index >= 15 is 0 Å². The Bertz CT molecular complexity index is 599. The third-order valence-corrected chi connectivity index (χ3v) is 3.06. The van der Waals surface area contributed by atoms with E-state index in [1.165, 1.54) is 0 Å². The molecule has 0 aliphatic rings. The van der Waals surface area contributed by atoms with E-state index < -0.39 is 0 Å². The molecule has 0 spiro atoms. The lowest BCUT2D eigenvalue weighted by atomic mass is 10.2. The number of carbonyl (C=O) groups excluding carboxylic acids is 1. The minimum Gasteiger partial charge on any atom is -0.376 e. The van der Waals surface area contributed by atoms with Gasteiger partial charge in [-0.2, -0.15) is 0 Å². The molecule has 98 valence electrons. The van der Waals surface area contributed by atoms with Crippen molar-refractivity contribution >= 4 is 33.2 Å². The highest BCUT2D eigenvalue weighted by atomic mass is 79.9.